The maximum Gasteiger partial charge on any atom is 0.148 e. The Morgan fingerprint density at radius 3 is 2.79 bits per heavy atom. The monoisotopic (exact) mass is 322 g/mol. The molecule has 0 amide bonds. The molecule has 19 heavy (non-hydrogen) atoms. The van der Waals surface area contributed by atoms with Gasteiger partial charge in [0.15, 0.2) is 0 Å². The topological polar surface area (TPSA) is 64.3 Å². The highest BCUT2D eigenvalue weighted by molar-refractivity contribution is 9.10. The molecule has 0 bridgehead atoms. The van der Waals surface area contributed by atoms with Gasteiger partial charge in [-0.25, -0.2) is 9.97 Å². The van der Waals surface area contributed by atoms with Crippen LogP contribution in [0.3, 0.4) is 0 Å². The molecule has 2 aromatic rings. The summed E-state index contributed by atoms with van der Waals surface area (Å²) in [4.78, 5) is 10.2. The Morgan fingerprint density at radius 2 is 2.05 bits per heavy atom. The molecule has 0 saturated heterocycles. The maximum atomic E-state index is 5.76. The highest BCUT2D eigenvalue weighted by Crippen LogP contribution is 2.28. The van der Waals surface area contributed by atoms with Crippen molar-refractivity contribution in [3.05, 3.63) is 40.6 Å². The lowest BCUT2D eigenvalue weighted by molar-refractivity contribution is 0.409. The van der Waals surface area contributed by atoms with Gasteiger partial charge in [0.1, 0.15) is 28.2 Å². The van der Waals surface area contributed by atoms with Gasteiger partial charge in [0.2, 0.25) is 0 Å². The van der Waals surface area contributed by atoms with Crippen LogP contribution in [-0.2, 0) is 6.54 Å². The number of para-hydroxylation sites is 1. The number of anilines is 2. The van der Waals surface area contributed by atoms with Crippen LogP contribution in [0.2, 0.25) is 0 Å². The molecule has 0 atom stereocenters. The molecule has 0 aliphatic carbocycles. The van der Waals surface area contributed by atoms with Crippen LogP contribution >= 0.6 is 15.9 Å². The normalized spacial score (nSPS) is 10.3. The highest BCUT2D eigenvalue weighted by atomic mass is 79.9. The Hall–Kier alpha value is -1.82. The zero-order chi connectivity index (χ0) is 13.8. The number of rotatable bonds is 4. The summed E-state index contributed by atoms with van der Waals surface area (Å²) in [5, 5.41) is 0. The van der Waals surface area contributed by atoms with Crippen molar-refractivity contribution in [2.45, 2.75) is 6.54 Å². The fourth-order valence-electron chi connectivity index (χ4n) is 1.80. The first-order chi connectivity index (χ1) is 9.13. The molecule has 0 aliphatic rings. The SMILES string of the molecule is COc1ccccc1CN(C)c1ncnc(N)c1Br. The van der Waals surface area contributed by atoms with E-state index in [1.165, 1.54) is 6.33 Å². The lowest BCUT2D eigenvalue weighted by Crippen LogP contribution is -2.19. The molecule has 0 fully saturated rings. The summed E-state index contributed by atoms with van der Waals surface area (Å²) >= 11 is 3.41. The number of nitrogens with zero attached hydrogens (tertiary/aromatic N) is 3. The van der Waals surface area contributed by atoms with Crippen molar-refractivity contribution in [3.63, 3.8) is 0 Å². The van der Waals surface area contributed by atoms with Crippen molar-refractivity contribution >= 4 is 27.6 Å². The van der Waals surface area contributed by atoms with Crippen LogP contribution in [-0.4, -0.2) is 24.1 Å². The van der Waals surface area contributed by atoms with Gasteiger partial charge < -0.3 is 15.4 Å². The number of halogens is 1. The molecule has 0 aliphatic heterocycles. The summed E-state index contributed by atoms with van der Waals surface area (Å²) in [6.07, 6.45) is 1.45. The standard InChI is InChI=1S/C13H15BrN4O/c1-18(13-11(14)12(15)16-8-17-13)7-9-5-3-4-6-10(9)19-2/h3-6,8H,7H2,1-2H3,(H2,15,16,17). The summed E-state index contributed by atoms with van der Waals surface area (Å²) in [6.45, 7) is 0.666. The smallest absolute Gasteiger partial charge is 0.148 e. The van der Waals surface area contributed by atoms with E-state index in [1.807, 2.05) is 36.2 Å². The van der Waals surface area contributed by atoms with E-state index in [1.54, 1.807) is 7.11 Å². The number of nitrogens with two attached hydrogens (primary N) is 1. The molecule has 100 valence electrons. The number of hydrogen-bond donors (Lipinski definition) is 1. The predicted octanol–water partition coefficient (Wildman–Crippen LogP) is 2.47. The Bertz CT molecular complexity index is 576. The van der Waals surface area contributed by atoms with Crippen LogP contribution in [0.1, 0.15) is 5.56 Å². The minimum absolute atomic E-state index is 0.428. The van der Waals surface area contributed by atoms with E-state index in [4.69, 9.17) is 10.5 Å². The van der Waals surface area contributed by atoms with Crippen molar-refractivity contribution in [2.75, 3.05) is 24.8 Å². The van der Waals surface area contributed by atoms with E-state index in [0.717, 1.165) is 17.1 Å². The molecule has 0 saturated carbocycles. The van der Waals surface area contributed by atoms with Crippen LogP contribution in [0.15, 0.2) is 35.1 Å². The quantitative estimate of drug-likeness (QED) is 0.936. The second-order valence-electron chi connectivity index (χ2n) is 4.06. The summed E-state index contributed by atoms with van der Waals surface area (Å²) in [7, 11) is 3.61. The molecular weight excluding hydrogens is 308 g/mol. The Balaban J connectivity index is 2.26. The Labute approximate surface area is 120 Å². The molecule has 5 nitrogen and oxygen atoms in total. The molecule has 1 heterocycles. The van der Waals surface area contributed by atoms with Gasteiger partial charge >= 0.3 is 0 Å². The van der Waals surface area contributed by atoms with Gasteiger partial charge in [0, 0.05) is 19.2 Å². The molecule has 6 heteroatoms. The van der Waals surface area contributed by atoms with Gasteiger partial charge in [0.05, 0.1) is 7.11 Å². The maximum absolute atomic E-state index is 5.76. The third-order valence-corrected chi connectivity index (χ3v) is 3.52. The molecule has 0 unspecified atom stereocenters. The van der Waals surface area contributed by atoms with Gasteiger partial charge in [-0.05, 0) is 22.0 Å². The molecular formula is C13H15BrN4O. The van der Waals surface area contributed by atoms with E-state index in [9.17, 15) is 0 Å². The first kappa shape index (κ1) is 13.6. The Kier molecular flexibility index (Phi) is 4.21. The highest BCUT2D eigenvalue weighted by Gasteiger charge is 2.12. The van der Waals surface area contributed by atoms with Crippen molar-refractivity contribution in [1.82, 2.24) is 9.97 Å². The number of methoxy groups -OCH3 is 1. The lowest BCUT2D eigenvalue weighted by atomic mass is 10.2. The summed E-state index contributed by atoms with van der Waals surface area (Å²) in [6, 6.07) is 7.89. The van der Waals surface area contributed by atoms with Crippen molar-refractivity contribution in [1.29, 1.82) is 0 Å². The number of hydrogen-bond acceptors (Lipinski definition) is 5. The van der Waals surface area contributed by atoms with E-state index < -0.39 is 0 Å². The first-order valence-corrected chi connectivity index (χ1v) is 6.51. The second kappa shape index (κ2) is 5.88. The minimum atomic E-state index is 0.428. The number of ether oxygens (including phenoxy) is 1. The Morgan fingerprint density at radius 1 is 1.32 bits per heavy atom. The van der Waals surface area contributed by atoms with Crippen LogP contribution in [0, 0.1) is 0 Å². The fraction of sp³-hybridized carbons (Fsp3) is 0.231. The zero-order valence-electron chi connectivity index (χ0n) is 10.8. The summed E-state index contributed by atoms with van der Waals surface area (Å²) in [5.41, 5.74) is 6.84. The van der Waals surface area contributed by atoms with Crippen molar-refractivity contribution in [2.24, 2.45) is 0 Å². The molecule has 2 N–H and O–H groups in total. The predicted molar refractivity (Wildman–Crippen MR) is 79.2 cm³/mol. The van der Waals surface area contributed by atoms with E-state index in [0.29, 0.717) is 16.8 Å². The molecule has 0 radical (unpaired) electrons. The molecule has 1 aromatic heterocycles. The number of aromatic nitrogens is 2. The number of nitrogen functional groups attached to an aromatic ring is 1. The number of benzene rings is 1. The third-order valence-electron chi connectivity index (χ3n) is 2.76. The van der Waals surface area contributed by atoms with Gasteiger partial charge in [-0.1, -0.05) is 18.2 Å². The first-order valence-electron chi connectivity index (χ1n) is 5.72. The fourth-order valence-corrected chi connectivity index (χ4v) is 2.31. The molecule has 2 rings (SSSR count). The van der Waals surface area contributed by atoms with Crippen LogP contribution in [0.25, 0.3) is 0 Å². The van der Waals surface area contributed by atoms with Crippen LogP contribution < -0.4 is 15.4 Å². The van der Waals surface area contributed by atoms with Crippen molar-refractivity contribution < 1.29 is 4.74 Å². The zero-order valence-corrected chi connectivity index (χ0v) is 12.4. The van der Waals surface area contributed by atoms with Crippen molar-refractivity contribution in [3.8, 4) is 5.75 Å². The molecule has 0 spiro atoms. The van der Waals surface area contributed by atoms with E-state index >= 15 is 0 Å². The van der Waals surface area contributed by atoms with Gasteiger partial charge in [-0.2, -0.15) is 0 Å². The van der Waals surface area contributed by atoms with Crippen LogP contribution in [0.5, 0.6) is 5.75 Å². The summed E-state index contributed by atoms with van der Waals surface area (Å²) < 4.78 is 6.04. The third kappa shape index (κ3) is 2.96. The van der Waals surface area contributed by atoms with Crippen LogP contribution in [0.4, 0.5) is 11.6 Å². The second-order valence-corrected chi connectivity index (χ2v) is 4.86. The van der Waals surface area contributed by atoms with E-state index in [2.05, 4.69) is 25.9 Å². The minimum Gasteiger partial charge on any atom is -0.496 e. The van der Waals surface area contributed by atoms with Gasteiger partial charge in [-0.3, -0.25) is 0 Å². The molecule has 1 aromatic carbocycles. The average Bonchev–Trinajstić information content (AvgIpc) is 2.42. The van der Waals surface area contributed by atoms with Gasteiger partial charge in [0.25, 0.3) is 0 Å². The largest absolute Gasteiger partial charge is 0.496 e. The van der Waals surface area contributed by atoms with E-state index in [-0.39, 0.29) is 0 Å². The summed E-state index contributed by atoms with van der Waals surface area (Å²) in [5.74, 6) is 2.03. The average molecular weight is 323 g/mol. The van der Waals surface area contributed by atoms with Gasteiger partial charge in [-0.15, -0.1) is 0 Å². The lowest BCUT2D eigenvalue weighted by Gasteiger charge is -2.20.